The van der Waals surface area contributed by atoms with Gasteiger partial charge in [-0.3, -0.25) is 9.36 Å². The molecule has 0 aliphatic heterocycles. The average molecular weight is 489 g/mol. The zero-order valence-corrected chi connectivity index (χ0v) is 18.3. The van der Waals surface area contributed by atoms with Crippen molar-refractivity contribution in [1.82, 2.24) is 14.5 Å². The highest BCUT2D eigenvalue weighted by atomic mass is 79.9. The zero-order valence-electron chi connectivity index (χ0n) is 16.7. The summed E-state index contributed by atoms with van der Waals surface area (Å²) in [6.45, 7) is 0.221. The van der Waals surface area contributed by atoms with Crippen LogP contribution in [0.5, 0.6) is 5.75 Å². The molecular formula is C24H17BrN4O3. The lowest BCUT2D eigenvalue weighted by molar-refractivity contribution is 0.0992. The van der Waals surface area contributed by atoms with E-state index in [1.807, 2.05) is 59.2 Å². The molecular weight excluding hydrogens is 472 g/mol. The Morgan fingerprint density at radius 3 is 2.78 bits per heavy atom. The van der Waals surface area contributed by atoms with E-state index >= 15 is 0 Å². The molecule has 5 aromatic rings. The fourth-order valence-corrected chi connectivity index (χ4v) is 3.60. The van der Waals surface area contributed by atoms with E-state index < -0.39 is 0 Å². The molecule has 0 saturated carbocycles. The Morgan fingerprint density at radius 2 is 1.94 bits per heavy atom. The first-order chi connectivity index (χ1) is 15.7. The number of carbonyl (C=O) groups excluding carboxylic acids is 1. The molecule has 2 aromatic carbocycles. The number of ether oxygens (including phenoxy) is 1. The molecule has 0 fully saturated rings. The molecule has 0 radical (unpaired) electrons. The summed E-state index contributed by atoms with van der Waals surface area (Å²) < 4.78 is 14.1. The summed E-state index contributed by atoms with van der Waals surface area (Å²) in [5.41, 5.74) is 2.42. The van der Waals surface area contributed by atoms with E-state index in [0.717, 1.165) is 15.5 Å². The maximum atomic E-state index is 12.5. The van der Waals surface area contributed by atoms with Gasteiger partial charge in [-0.2, -0.15) is 0 Å². The van der Waals surface area contributed by atoms with Gasteiger partial charge in [0.1, 0.15) is 30.3 Å². The lowest BCUT2D eigenvalue weighted by atomic mass is 10.3. The number of amides is 1. The number of furan rings is 1. The molecule has 3 heterocycles. The number of hydrogen-bond acceptors (Lipinski definition) is 5. The molecule has 7 nitrogen and oxygen atoms in total. The number of para-hydroxylation sites is 2. The van der Waals surface area contributed by atoms with Gasteiger partial charge in [0.05, 0.1) is 22.9 Å². The van der Waals surface area contributed by atoms with Crippen LogP contribution in [-0.2, 0) is 6.61 Å². The fraction of sp³-hybridized carbons (Fsp3) is 0.0417. The Labute approximate surface area is 191 Å². The second-order valence-corrected chi connectivity index (χ2v) is 7.89. The first-order valence-corrected chi connectivity index (χ1v) is 10.6. The van der Waals surface area contributed by atoms with E-state index in [4.69, 9.17) is 9.15 Å². The van der Waals surface area contributed by atoms with E-state index in [1.54, 1.807) is 30.7 Å². The Bertz CT molecular complexity index is 1390. The number of imidazole rings is 1. The fourth-order valence-electron chi connectivity index (χ4n) is 3.23. The molecule has 3 aromatic heterocycles. The van der Waals surface area contributed by atoms with Crippen LogP contribution in [0.2, 0.25) is 0 Å². The smallest absolute Gasteiger partial charge is 0.291 e. The summed E-state index contributed by atoms with van der Waals surface area (Å²) in [5, 5.41) is 2.80. The number of hydrogen-bond donors (Lipinski definition) is 1. The normalized spacial score (nSPS) is 10.9. The van der Waals surface area contributed by atoms with E-state index in [-0.39, 0.29) is 18.3 Å². The highest BCUT2D eigenvalue weighted by molar-refractivity contribution is 9.10. The van der Waals surface area contributed by atoms with Gasteiger partial charge in [0.15, 0.2) is 5.76 Å². The van der Waals surface area contributed by atoms with Crippen LogP contribution in [0.25, 0.3) is 16.9 Å². The molecule has 0 spiro atoms. The molecule has 0 atom stereocenters. The Hall–Kier alpha value is -3.91. The van der Waals surface area contributed by atoms with Gasteiger partial charge in [0.2, 0.25) is 0 Å². The number of nitrogens with zero attached hydrogens (tertiary/aromatic N) is 3. The van der Waals surface area contributed by atoms with Crippen molar-refractivity contribution in [1.29, 1.82) is 0 Å². The van der Waals surface area contributed by atoms with Crippen LogP contribution in [0.1, 0.15) is 16.3 Å². The maximum absolute atomic E-state index is 12.5. The Balaban J connectivity index is 1.23. The minimum Gasteiger partial charge on any atom is -0.486 e. The van der Waals surface area contributed by atoms with Gasteiger partial charge >= 0.3 is 0 Å². The first-order valence-electron chi connectivity index (χ1n) is 9.83. The predicted octanol–water partition coefficient (Wildman–Crippen LogP) is 5.61. The highest BCUT2D eigenvalue weighted by Crippen LogP contribution is 2.21. The molecule has 158 valence electrons. The van der Waals surface area contributed by atoms with Crippen LogP contribution in [0.4, 0.5) is 5.69 Å². The van der Waals surface area contributed by atoms with Gasteiger partial charge in [0, 0.05) is 4.47 Å². The minimum absolute atomic E-state index is 0.197. The van der Waals surface area contributed by atoms with E-state index in [0.29, 0.717) is 23.0 Å². The number of nitrogens with one attached hydrogen (secondary N) is 1. The predicted molar refractivity (Wildman–Crippen MR) is 124 cm³/mol. The van der Waals surface area contributed by atoms with Gasteiger partial charge in [-0.05, 0) is 54.6 Å². The molecule has 0 unspecified atom stereocenters. The van der Waals surface area contributed by atoms with Crippen molar-refractivity contribution in [3.05, 3.63) is 101 Å². The monoisotopic (exact) mass is 488 g/mol. The van der Waals surface area contributed by atoms with Gasteiger partial charge in [-0.15, -0.1) is 0 Å². The second-order valence-electron chi connectivity index (χ2n) is 6.97. The molecule has 8 heteroatoms. The number of anilines is 1. The van der Waals surface area contributed by atoms with Crippen LogP contribution >= 0.6 is 15.9 Å². The largest absolute Gasteiger partial charge is 0.486 e. The molecule has 5 rings (SSSR count). The van der Waals surface area contributed by atoms with E-state index in [9.17, 15) is 4.79 Å². The average Bonchev–Trinajstić information content (AvgIpc) is 3.46. The summed E-state index contributed by atoms with van der Waals surface area (Å²) >= 11 is 3.40. The van der Waals surface area contributed by atoms with Gasteiger partial charge in [-0.1, -0.05) is 34.1 Å². The molecule has 1 N–H and O–H groups in total. The van der Waals surface area contributed by atoms with Crippen molar-refractivity contribution in [2.75, 3.05) is 5.32 Å². The lowest BCUT2D eigenvalue weighted by Crippen LogP contribution is -2.11. The molecule has 0 bridgehead atoms. The van der Waals surface area contributed by atoms with E-state index in [1.165, 1.54) is 0 Å². The topological polar surface area (TPSA) is 82.2 Å². The molecule has 0 saturated heterocycles. The van der Waals surface area contributed by atoms with Crippen molar-refractivity contribution in [2.24, 2.45) is 0 Å². The molecule has 0 aliphatic carbocycles. The van der Waals surface area contributed by atoms with Crippen LogP contribution in [-0.4, -0.2) is 20.4 Å². The van der Waals surface area contributed by atoms with Crippen molar-refractivity contribution in [3.8, 4) is 11.6 Å². The number of rotatable bonds is 6. The van der Waals surface area contributed by atoms with Gasteiger partial charge in [0.25, 0.3) is 5.91 Å². The van der Waals surface area contributed by atoms with Crippen LogP contribution < -0.4 is 10.1 Å². The summed E-state index contributed by atoms with van der Waals surface area (Å²) in [6, 6.07) is 22.3. The number of benzene rings is 2. The van der Waals surface area contributed by atoms with Gasteiger partial charge in [-0.25, -0.2) is 9.97 Å². The quantitative estimate of drug-likeness (QED) is 0.336. The zero-order chi connectivity index (χ0) is 21.9. The van der Waals surface area contributed by atoms with Crippen molar-refractivity contribution in [2.45, 2.75) is 6.61 Å². The number of fused-ring (bicyclic) bond motifs is 1. The van der Waals surface area contributed by atoms with Crippen molar-refractivity contribution in [3.63, 3.8) is 0 Å². The Kier molecular flexibility index (Phi) is 5.43. The van der Waals surface area contributed by atoms with Crippen LogP contribution in [0, 0.1) is 0 Å². The number of pyridine rings is 1. The van der Waals surface area contributed by atoms with E-state index in [2.05, 4.69) is 31.2 Å². The number of carbonyl (C=O) groups is 1. The standard InChI is InChI=1S/C24H17BrN4O3/c25-16-4-3-5-18(12-16)31-14-19-9-10-22(32-19)24(30)28-17-8-11-23(26-13-17)29-15-27-20-6-1-2-7-21(20)29/h1-13,15H,14H2,(H,28,30). The Morgan fingerprint density at radius 1 is 1.03 bits per heavy atom. The lowest BCUT2D eigenvalue weighted by Gasteiger charge is -2.06. The number of aromatic nitrogens is 3. The van der Waals surface area contributed by atoms with Crippen LogP contribution in [0.15, 0.2) is 94.2 Å². The minimum atomic E-state index is -0.360. The summed E-state index contributed by atoms with van der Waals surface area (Å²) in [5.74, 6) is 1.81. The maximum Gasteiger partial charge on any atom is 0.291 e. The first kappa shape index (κ1) is 20.0. The highest BCUT2D eigenvalue weighted by Gasteiger charge is 2.13. The summed E-state index contributed by atoms with van der Waals surface area (Å²) in [6.07, 6.45) is 3.33. The second kappa shape index (κ2) is 8.68. The SMILES string of the molecule is O=C(Nc1ccc(-n2cnc3ccccc32)nc1)c1ccc(COc2cccc(Br)c2)o1. The third-order valence-electron chi connectivity index (χ3n) is 4.77. The van der Waals surface area contributed by atoms with Gasteiger partial charge < -0.3 is 14.5 Å². The van der Waals surface area contributed by atoms with Crippen molar-refractivity contribution >= 4 is 38.6 Å². The third kappa shape index (κ3) is 4.26. The van der Waals surface area contributed by atoms with Crippen LogP contribution in [0.3, 0.4) is 0 Å². The summed E-state index contributed by atoms with van der Waals surface area (Å²) in [4.78, 5) is 21.4. The molecule has 32 heavy (non-hydrogen) atoms. The molecule has 0 aliphatic rings. The third-order valence-corrected chi connectivity index (χ3v) is 5.26. The summed E-state index contributed by atoms with van der Waals surface area (Å²) in [7, 11) is 0. The van der Waals surface area contributed by atoms with Crippen molar-refractivity contribution < 1.29 is 13.9 Å². The number of halogens is 1. The molecule has 1 amide bonds.